The van der Waals surface area contributed by atoms with E-state index in [1.54, 1.807) is 10.9 Å². The van der Waals surface area contributed by atoms with Crippen LogP contribution >= 0.6 is 35.7 Å². The van der Waals surface area contributed by atoms with E-state index in [9.17, 15) is 14.7 Å². The molecule has 1 amide bonds. The molecule has 0 aromatic carbocycles. The number of carbonyl (C=O) groups excluding carboxylic acids is 1. The van der Waals surface area contributed by atoms with Gasteiger partial charge in [0.1, 0.15) is 23.4 Å². The van der Waals surface area contributed by atoms with Crippen molar-refractivity contribution in [2.45, 2.75) is 23.0 Å². The Bertz CT molecular complexity index is 938. The zero-order valence-electron chi connectivity index (χ0n) is 14.7. The number of rotatable bonds is 6. The smallest absolute Gasteiger partial charge is 0.352 e. The Hall–Kier alpha value is -2.10. The van der Waals surface area contributed by atoms with Crippen LogP contribution in [0.5, 0.6) is 0 Å². The van der Waals surface area contributed by atoms with E-state index in [0.717, 1.165) is 0 Å². The van der Waals surface area contributed by atoms with Gasteiger partial charge in [0.25, 0.3) is 5.91 Å². The van der Waals surface area contributed by atoms with Gasteiger partial charge in [0.2, 0.25) is 0 Å². The molecule has 1 aliphatic carbocycles. The molecule has 4 atom stereocenters. The minimum Gasteiger partial charge on any atom is -0.477 e. The summed E-state index contributed by atoms with van der Waals surface area (Å²) in [5.74, 6) is -0.560. The van der Waals surface area contributed by atoms with Crippen molar-refractivity contribution in [2.75, 3.05) is 11.5 Å². The molecule has 3 aliphatic rings. The van der Waals surface area contributed by atoms with E-state index in [-0.39, 0.29) is 28.8 Å². The molecule has 2 N–H and O–H groups in total. The number of nitrogens with zero attached hydrogens (tertiary/aromatic N) is 5. The highest BCUT2D eigenvalue weighted by atomic mass is 32.2. The van der Waals surface area contributed by atoms with Crippen molar-refractivity contribution in [3.05, 3.63) is 17.6 Å². The van der Waals surface area contributed by atoms with Crippen molar-refractivity contribution in [1.29, 1.82) is 5.26 Å². The summed E-state index contributed by atoms with van der Waals surface area (Å²) in [4.78, 5) is 26.4. The average Bonchev–Trinajstić information content (AvgIpc) is 3.37. The molecule has 28 heavy (non-hydrogen) atoms. The number of amides is 1. The number of carboxylic acid groups (broad SMARTS) is 1. The standard InChI is InChI=1S/C16H16N6O3S3/c1-21-6-18-20-16(21)28-5-8-4-27-14-10(13(23)22(14)11(8)15(24)25)19-12(26)9-2-7(9)3-17/h6-7,9-10,14H,2,4-5H2,1H3,(H,19,26)(H,24,25)/t7-,9+,10?,14+/m1/s1. The van der Waals surface area contributed by atoms with E-state index < -0.39 is 12.0 Å². The van der Waals surface area contributed by atoms with Gasteiger partial charge < -0.3 is 15.0 Å². The molecule has 12 heteroatoms. The Morgan fingerprint density at radius 2 is 2.39 bits per heavy atom. The van der Waals surface area contributed by atoms with Crippen LogP contribution in [0.25, 0.3) is 0 Å². The Labute approximate surface area is 174 Å². The van der Waals surface area contributed by atoms with Gasteiger partial charge in [0, 0.05) is 24.5 Å². The monoisotopic (exact) mass is 436 g/mol. The fourth-order valence-corrected chi connectivity index (χ4v) is 6.00. The molecule has 1 aromatic rings. The van der Waals surface area contributed by atoms with Gasteiger partial charge in [-0.15, -0.1) is 22.0 Å². The summed E-state index contributed by atoms with van der Waals surface area (Å²) in [6, 6.07) is 1.64. The number of aryl methyl sites for hydroxylation is 1. The third-order valence-electron chi connectivity index (χ3n) is 4.89. The van der Waals surface area contributed by atoms with Gasteiger partial charge in [-0.05, 0) is 12.0 Å². The number of β-lactam (4-membered cyclic amide) rings is 1. The van der Waals surface area contributed by atoms with Gasteiger partial charge in [0.15, 0.2) is 5.16 Å². The quantitative estimate of drug-likeness (QED) is 0.372. The summed E-state index contributed by atoms with van der Waals surface area (Å²) in [5, 5.41) is 29.9. The first-order valence-electron chi connectivity index (χ1n) is 8.49. The second kappa shape index (κ2) is 7.38. The molecule has 0 bridgehead atoms. The van der Waals surface area contributed by atoms with Gasteiger partial charge >= 0.3 is 5.97 Å². The summed E-state index contributed by atoms with van der Waals surface area (Å²) < 4.78 is 1.76. The fraction of sp³-hybridized carbons (Fsp3) is 0.500. The third kappa shape index (κ3) is 3.27. The Kier molecular flexibility index (Phi) is 5.07. The van der Waals surface area contributed by atoms with Crippen LogP contribution in [0, 0.1) is 23.2 Å². The second-order valence-electron chi connectivity index (χ2n) is 6.74. The third-order valence-corrected chi connectivity index (χ3v) is 7.77. The summed E-state index contributed by atoms with van der Waals surface area (Å²) in [6.45, 7) is 0. The molecule has 146 valence electrons. The Morgan fingerprint density at radius 3 is 3.00 bits per heavy atom. The first kappa shape index (κ1) is 19.2. The number of hydrogen-bond acceptors (Lipinski definition) is 8. The maximum atomic E-state index is 12.7. The molecule has 1 saturated carbocycles. The first-order chi connectivity index (χ1) is 13.4. The van der Waals surface area contributed by atoms with Crippen LogP contribution in [0.1, 0.15) is 6.42 Å². The lowest BCUT2D eigenvalue weighted by Crippen LogP contribution is -2.70. The minimum atomic E-state index is -1.11. The summed E-state index contributed by atoms with van der Waals surface area (Å²) in [7, 11) is 1.81. The average molecular weight is 437 g/mol. The highest BCUT2D eigenvalue weighted by Gasteiger charge is 2.55. The molecular formula is C16H16N6O3S3. The summed E-state index contributed by atoms with van der Waals surface area (Å²) >= 11 is 8.22. The van der Waals surface area contributed by atoms with E-state index in [0.29, 0.717) is 33.6 Å². The van der Waals surface area contributed by atoms with Gasteiger partial charge in [0.05, 0.1) is 17.0 Å². The van der Waals surface area contributed by atoms with Crippen molar-refractivity contribution in [3.63, 3.8) is 0 Å². The number of thiocarbonyl (C=S) groups is 1. The zero-order chi connectivity index (χ0) is 20.0. The molecule has 0 radical (unpaired) electrons. The molecule has 3 heterocycles. The van der Waals surface area contributed by atoms with Gasteiger partial charge in [-0.2, -0.15) is 5.26 Å². The highest BCUT2D eigenvalue weighted by molar-refractivity contribution is 8.01. The van der Waals surface area contributed by atoms with Crippen molar-refractivity contribution >= 4 is 52.6 Å². The molecule has 9 nitrogen and oxygen atoms in total. The van der Waals surface area contributed by atoms with Crippen LogP contribution in [0.15, 0.2) is 22.8 Å². The molecule has 4 rings (SSSR count). The van der Waals surface area contributed by atoms with Crippen molar-refractivity contribution < 1.29 is 14.7 Å². The van der Waals surface area contributed by atoms with Crippen molar-refractivity contribution in [2.24, 2.45) is 18.9 Å². The molecule has 2 aliphatic heterocycles. The number of carboxylic acids is 1. The molecule has 1 saturated heterocycles. The predicted molar refractivity (Wildman–Crippen MR) is 106 cm³/mol. The summed E-state index contributed by atoms with van der Waals surface area (Å²) in [6.07, 6.45) is 2.30. The van der Waals surface area contributed by atoms with Gasteiger partial charge in [-0.25, -0.2) is 4.79 Å². The van der Waals surface area contributed by atoms with E-state index in [4.69, 9.17) is 17.5 Å². The Balaban J connectivity index is 1.46. The topological polar surface area (TPSA) is 124 Å². The maximum Gasteiger partial charge on any atom is 0.352 e. The van der Waals surface area contributed by atoms with E-state index in [1.807, 2.05) is 7.05 Å². The lowest BCUT2D eigenvalue weighted by molar-refractivity contribution is -0.148. The lowest BCUT2D eigenvalue weighted by atomic mass is 10.0. The largest absolute Gasteiger partial charge is 0.477 e. The minimum absolute atomic E-state index is 0.00304. The molecule has 1 aromatic heterocycles. The van der Waals surface area contributed by atoms with Gasteiger partial charge in [-0.1, -0.05) is 24.0 Å². The van der Waals surface area contributed by atoms with Crippen LogP contribution in [0.2, 0.25) is 0 Å². The predicted octanol–water partition coefficient (Wildman–Crippen LogP) is 0.606. The van der Waals surface area contributed by atoms with Crippen LogP contribution in [0.3, 0.4) is 0 Å². The first-order valence-corrected chi connectivity index (χ1v) is 10.9. The second-order valence-corrected chi connectivity index (χ2v) is 9.23. The van der Waals surface area contributed by atoms with Crippen LogP contribution < -0.4 is 5.32 Å². The van der Waals surface area contributed by atoms with E-state index in [1.165, 1.54) is 28.4 Å². The van der Waals surface area contributed by atoms with Crippen LogP contribution in [-0.2, 0) is 16.6 Å². The number of aliphatic carboxylic acids is 1. The van der Waals surface area contributed by atoms with Crippen LogP contribution in [0.4, 0.5) is 0 Å². The van der Waals surface area contributed by atoms with Crippen molar-refractivity contribution in [1.82, 2.24) is 25.0 Å². The number of nitriles is 1. The number of fused-ring (bicyclic) bond motifs is 1. The molecule has 1 unspecified atom stereocenters. The van der Waals surface area contributed by atoms with Gasteiger partial charge in [-0.3, -0.25) is 9.69 Å². The molecular weight excluding hydrogens is 420 g/mol. The van der Waals surface area contributed by atoms with Crippen LogP contribution in [-0.4, -0.2) is 64.6 Å². The zero-order valence-corrected chi connectivity index (χ0v) is 17.2. The summed E-state index contributed by atoms with van der Waals surface area (Å²) in [5.41, 5.74) is 0.733. The van der Waals surface area contributed by atoms with Crippen molar-refractivity contribution in [3.8, 4) is 6.07 Å². The normalized spacial score (nSPS) is 28.3. The number of aromatic nitrogens is 3. The molecule has 0 spiro atoms. The highest BCUT2D eigenvalue weighted by Crippen LogP contribution is 2.43. The maximum absolute atomic E-state index is 12.7. The SMILES string of the molecule is Cn1cnnc1SCC1=C(C(=O)O)N2C(=O)C(NC(=S)[C@H]3C[C@@H]3C#N)[C@@H]2SC1. The fourth-order valence-electron chi connectivity index (χ4n) is 3.24. The number of carbonyl (C=O) groups is 2. The lowest BCUT2D eigenvalue weighted by Gasteiger charge is -2.49. The number of hydrogen-bond donors (Lipinski definition) is 2. The Morgan fingerprint density at radius 1 is 1.61 bits per heavy atom. The van der Waals surface area contributed by atoms with E-state index >= 15 is 0 Å². The molecule has 2 fully saturated rings. The number of thioether (sulfide) groups is 2. The van der Waals surface area contributed by atoms with E-state index in [2.05, 4.69) is 21.6 Å². The number of nitrogens with one attached hydrogen (secondary N) is 1.